The van der Waals surface area contributed by atoms with Crippen LogP contribution in [0.25, 0.3) is 0 Å². The van der Waals surface area contributed by atoms with Crippen LogP contribution in [0.5, 0.6) is 0 Å². The summed E-state index contributed by atoms with van der Waals surface area (Å²) >= 11 is 0. The molecule has 0 radical (unpaired) electrons. The number of carbonyl (C=O) groups is 1. The van der Waals surface area contributed by atoms with Crippen LogP contribution in [0.1, 0.15) is 25.1 Å². The van der Waals surface area contributed by atoms with Gasteiger partial charge in [-0.2, -0.15) is 0 Å². The topological polar surface area (TPSA) is 26.3 Å². The Morgan fingerprint density at radius 2 is 2.42 bits per heavy atom. The maximum absolute atomic E-state index is 11.3. The summed E-state index contributed by atoms with van der Waals surface area (Å²) in [6.07, 6.45) is 0.798. The summed E-state index contributed by atoms with van der Waals surface area (Å²) in [7, 11) is 0. The van der Waals surface area contributed by atoms with Crippen LogP contribution in [0.3, 0.4) is 0 Å². The molecule has 0 aliphatic rings. The highest BCUT2D eigenvalue weighted by Gasteiger charge is 2.03. The minimum atomic E-state index is -0.410. The van der Waals surface area contributed by atoms with Gasteiger partial charge in [0.05, 0.1) is 13.5 Å². The number of hydrogen-bond acceptors (Lipinski definition) is 2. The fourth-order valence-corrected chi connectivity index (χ4v) is 0.793. The van der Waals surface area contributed by atoms with Gasteiger partial charge in [-0.05, 0) is 18.5 Å². The van der Waals surface area contributed by atoms with E-state index in [1.807, 2.05) is 6.92 Å². The van der Waals surface area contributed by atoms with Crippen molar-refractivity contribution in [3.8, 4) is 0 Å². The van der Waals surface area contributed by atoms with E-state index in [9.17, 15) is 4.79 Å². The average molecular weight is 166 g/mol. The van der Waals surface area contributed by atoms with E-state index in [0.717, 1.165) is 6.42 Å². The minimum absolute atomic E-state index is 0.212. The SMILES string of the molecule is [3H]c1ccccc1C(=O)OCCC. The monoisotopic (exact) mass is 166 g/mol. The second kappa shape index (κ2) is 4.54. The van der Waals surface area contributed by atoms with Crippen molar-refractivity contribution in [3.05, 3.63) is 35.9 Å². The molecule has 0 aromatic heterocycles. The molecule has 1 rings (SSSR count). The predicted molar refractivity (Wildman–Crippen MR) is 47.0 cm³/mol. The lowest BCUT2D eigenvalue weighted by atomic mass is 10.2. The van der Waals surface area contributed by atoms with Gasteiger partial charge in [-0.1, -0.05) is 25.1 Å². The second-order valence-corrected chi connectivity index (χ2v) is 2.41. The van der Waals surface area contributed by atoms with Crippen molar-refractivity contribution in [1.29, 1.82) is 0 Å². The molecule has 64 valence electrons. The summed E-state index contributed by atoms with van der Waals surface area (Å²) in [5, 5.41) is 0. The highest BCUT2D eigenvalue weighted by Crippen LogP contribution is 2.00. The summed E-state index contributed by atoms with van der Waals surface area (Å²) < 4.78 is 12.3. The highest BCUT2D eigenvalue weighted by molar-refractivity contribution is 5.89. The van der Waals surface area contributed by atoms with E-state index >= 15 is 0 Å². The van der Waals surface area contributed by atoms with Crippen LogP contribution in [-0.4, -0.2) is 12.6 Å². The normalized spacial score (nSPS) is 10.6. The van der Waals surface area contributed by atoms with Crippen molar-refractivity contribution >= 4 is 5.97 Å². The van der Waals surface area contributed by atoms with E-state index in [2.05, 4.69) is 0 Å². The van der Waals surface area contributed by atoms with Crippen LogP contribution >= 0.6 is 0 Å². The fourth-order valence-electron chi connectivity index (χ4n) is 0.793. The Kier molecular flexibility index (Phi) is 2.78. The van der Waals surface area contributed by atoms with Gasteiger partial charge in [-0.3, -0.25) is 0 Å². The third-order valence-electron chi connectivity index (χ3n) is 1.37. The number of benzene rings is 1. The zero-order chi connectivity index (χ0) is 9.68. The number of ether oxygens (including phenoxy) is 1. The van der Waals surface area contributed by atoms with E-state index in [1.54, 1.807) is 24.3 Å². The van der Waals surface area contributed by atoms with Crippen LogP contribution < -0.4 is 0 Å². The molecular weight excluding hydrogens is 152 g/mol. The van der Waals surface area contributed by atoms with Gasteiger partial charge in [0.2, 0.25) is 0 Å². The molecule has 1 aromatic rings. The molecule has 1 aromatic carbocycles. The van der Waals surface area contributed by atoms with Crippen molar-refractivity contribution in [2.24, 2.45) is 0 Å². The Morgan fingerprint density at radius 3 is 3.08 bits per heavy atom. The van der Waals surface area contributed by atoms with Crippen molar-refractivity contribution in [1.82, 2.24) is 0 Å². The molecule has 0 amide bonds. The summed E-state index contributed by atoms with van der Waals surface area (Å²) in [5.74, 6) is -0.410. The molecule has 0 aliphatic carbocycles. The van der Waals surface area contributed by atoms with E-state index in [-0.39, 0.29) is 6.04 Å². The van der Waals surface area contributed by atoms with Crippen LogP contribution in [0.2, 0.25) is 0 Å². The molecule has 12 heavy (non-hydrogen) atoms. The number of esters is 1. The standard InChI is InChI=1S/C10H12O2/c1-2-8-12-10(11)9-6-4-3-5-7-9/h3-7H,2,8H2,1H3/i6T. The molecular formula is C10H12O2. The molecule has 0 aliphatic heterocycles. The zero-order valence-corrected chi connectivity index (χ0v) is 7.04. The molecule has 0 heterocycles. The predicted octanol–water partition coefficient (Wildman–Crippen LogP) is 2.25. The van der Waals surface area contributed by atoms with Crippen LogP contribution in [-0.2, 0) is 4.74 Å². The number of carbonyl (C=O) groups excluding carboxylic acids is 1. The maximum atomic E-state index is 11.3. The lowest BCUT2D eigenvalue weighted by Crippen LogP contribution is -2.05. The Bertz CT molecular complexity index is 297. The van der Waals surface area contributed by atoms with Crippen molar-refractivity contribution in [2.75, 3.05) is 6.61 Å². The van der Waals surface area contributed by atoms with E-state index in [1.165, 1.54) is 0 Å². The molecule has 0 N–H and O–H groups in total. The largest absolute Gasteiger partial charge is 0.462 e. The van der Waals surface area contributed by atoms with Crippen LogP contribution in [0, 0.1) is 0 Å². The summed E-state index contributed by atoms with van der Waals surface area (Å²) in [6, 6.07) is 6.83. The fraction of sp³-hybridized carbons (Fsp3) is 0.300. The first-order valence-corrected chi connectivity index (χ1v) is 3.98. The number of rotatable bonds is 3. The van der Waals surface area contributed by atoms with Gasteiger partial charge in [0.25, 0.3) is 0 Å². The average Bonchev–Trinajstić information content (AvgIpc) is 2.15. The molecule has 0 fully saturated rings. The third-order valence-corrected chi connectivity index (χ3v) is 1.37. The quantitative estimate of drug-likeness (QED) is 0.644. The van der Waals surface area contributed by atoms with Gasteiger partial charge in [-0.25, -0.2) is 4.79 Å². The molecule has 0 saturated heterocycles. The van der Waals surface area contributed by atoms with E-state index < -0.39 is 5.97 Å². The summed E-state index contributed by atoms with van der Waals surface area (Å²) in [5.41, 5.74) is 0.330. The highest BCUT2D eigenvalue weighted by atomic mass is 16.5. The van der Waals surface area contributed by atoms with Gasteiger partial charge < -0.3 is 4.74 Å². The lowest BCUT2D eigenvalue weighted by Gasteiger charge is -2.01. The first-order chi connectivity index (χ1) is 6.25. The van der Waals surface area contributed by atoms with E-state index in [0.29, 0.717) is 12.2 Å². The Labute approximate surface area is 73.6 Å². The van der Waals surface area contributed by atoms with Crippen LogP contribution in [0.15, 0.2) is 30.3 Å². The van der Waals surface area contributed by atoms with Gasteiger partial charge in [0.1, 0.15) is 0 Å². The Balaban J connectivity index is 2.71. The maximum Gasteiger partial charge on any atom is 0.338 e. The van der Waals surface area contributed by atoms with Crippen LogP contribution in [0.4, 0.5) is 0 Å². The molecule has 0 bridgehead atoms. The van der Waals surface area contributed by atoms with E-state index in [4.69, 9.17) is 6.11 Å². The lowest BCUT2D eigenvalue weighted by molar-refractivity contribution is 0.0505. The second-order valence-electron chi connectivity index (χ2n) is 2.41. The number of hydrogen-bond donors (Lipinski definition) is 0. The Morgan fingerprint density at radius 1 is 1.58 bits per heavy atom. The van der Waals surface area contributed by atoms with Crippen molar-refractivity contribution < 1.29 is 10.9 Å². The molecule has 0 saturated carbocycles. The Hall–Kier alpha value is -1.31. The van der Waals surface area contributed by atoms with Gasteiger partial charge in [0, 0.05) is 0 Å². The van der Waals surface area contributed by atoms with Crippen molar-refractivity contribution in [2.45, 2.75) is 13.3 Å². The van der Waals surface area contributed by atoms with Gasteiger partial charge in [0.15, 0.2) is 0 Å². The first-order valence-electron chi connectivity index (χ1n) is 4.48. The molecule has 0 spiro atoms. The summed E-state index contributed by atoms with van der Waals surface area (Å²) in [4.78, 5) is 11.3. The van der Waals surface area contributed by atoms with Gasteiger partial charge in [-0.15, -0.1) is 0 Å². The summed E-state index contributed by atoms with van der Waals surface area (Å²) in [6.45, 7) is 2.34. The van der Waals surface area contributed by atoms with Crippen molar-refractivity contribution in [3.63, 3.8) is 0 Å². The van der Waals surface area contributed by atoms with Gasteiger partial charge >= 0.3 is 5.97 Å². The molecule has 2 nitrogen and oxygen atoms in total. The minimum Gasteiger partial charge on any atom is -0.462 e. The molecule has 2 heteroatoms. The zero-order valence-electron chi connectivity index (χ0n) is 8.04. The third kappa shape index (κ3) is 2.38. The smallest absolute Gasteiger partial charge is 0.338 e. The first kappa shape index (κ1) is 7.35. The molecule has 0 atom stereocenters. The molecule has 0 unspecified atom stereocenters.